The fourth-order valence-electron chi connectivity index (χ4n) is 5.76. The number of carbonyl (C=O) groups excluding carboxylic acids is 1. The third-order valence-electron chi connectivity index (χ3n) is 6.93. The molecular weight excluding hydrogens is 272 g/mol. The summed E-state index contributed by atoms with van der Waals surface area (Å²) in [5, 5.41) is 11.1. The van der Waals surface area contributed by atoms with Gasteiger partial charge in [-0.05, 0) is 26.7 Å². The summed E-state index contributed by atoms with van der Waals surface area (Å²) in [6.07, 6.45) is 1.35. The van der Waals surface area contributed by atoms with Gasteiger partial charge in [0.25, 0.3) is 0 Å². The SMILES string of the molecule is COCO[C@@H]1[C@H]2[C@H]3O[C@@](C)([C@H]2C(=O)[C@H]1C)C1(CC1)[C@@]3(C)O. The van der Waals surface area contributed by atoms with Gasteiger partial charge in [0.2, 0.25) is 0 Å². The van der Waals surface area contributed by atoms with Crippen molar-refractivity contribution in [1.29, 1.82) is 0 Å². The first-order valence-electron chi connectivity index (χ1n) is 7.86. The largest absolute Gasteiger partial charge is 0.387 e. The van der Waals surface area contributed by atoms with Gasteiger partial charge < -0.3 is 19.3 Å². The molecule has 4 rings (SSSR count). The number of aliphatic hydroxyl groups is 1. The highest BCUT2D eigenvalue weighted by molar-refractivity contribution is 5.89. The van der Waals surface area contributed by atoms with Crippen molar-refractivity contribution in [2.45, 2.75) is 57.0 Å². The Morgan fingerprint density at radius 1 is 1.38 bits per heavy atom. The molecule has 2 saturated carbocycles. The van der Waals surface area contributed by atoms with Crippen LogP contribution in [0.2, 0.25) is 0 Å². The molecule has 2 heterocycles. The molecule has 21 heavy (non-hydrogen) atoms. The van der Waals surface area contributed by atoms with E-state index in [2.05, 4.69) is 0 Å². The van der Waals surface area contributed by atoms with Crippen LogP contribution in [0, 0.1) is 23.2 Å². The first-order chi connectivity index (χ1) is 9.82. The van der Waals surface area contributed by atoms with Gasteiger partial charge in [0.05, 0.1) is 29.3 Å². The molecule has 0 aromatic rings. The summed E-state index contributed by atoms with van der Waals surface area (Å²) < 4.78 is 17.1. The molecule has 0 aromatic carbocycles. The minimum atomic E-state index is -0.873. The van der Waals surface area contributed by atoms with E-state index in [1.165, 1.54) is 0 Å². The third-order valence-corrected chi connectivity index (χ3v) is 6.93. The molecule has 118 valence electrons. The van der Waals surface area contributed by atoms with Gasteiger partial charge in [0, 0.05) is 24.4 Å². The predicted octanol–water partition coefficient (Wildman–Crippen LogP) is 1.13. The molecule has 2 aliphatic carbocycles. The van der Waals surface area contributed by atoms with Crippen molar-refractivity contribution >= 4 is 5.78 Å². The van der Waals surface area contributed by atoms with Gasteiger partial charge in [-0.25, -0.2) is 0 Å². The molecule has 0 amide bonds. The lowest BCUT2D eigenvalue weighted by Gasteiger charge is -2.45. The quantitative estimate of drug-likeness (QED) is 0.791. The summed E-state index contributed by atoms with van der Waals surface area (Å²) in [5.41, 5.74) is -1.65. The molecule has 7 atom stereocenters. The molecule has 5 heteroatoms. The monoisotopic (exact) mass is 296 g/mol. The molecule has 0 unspecified atom stereocenters. The summed E-state index contributed by atoms with van der Waals surface area (Å²) in [7, 11) is 1.58. The number of hydrogen-bond acceptors (Lipinski definition) is 5. The average Bonchev–Trinajstić information content (AvgIpc) is 3.11. The van der Waals surface area contributed by atoms with Crippen LogP contribution in [0.4, 0.5) is 0 Å². The summed E-state index contributed by atoms with van der Waals surface area (Å²) >= 11 is 0. The third kappa shape index (κ3) is 1.31. The first-order valence-corrected chi connectivity index (χ1v) is 7.86. The van der Waals surface area contributed by atoms with E-state index in [1.807, 2.05) is 20.8 Å². The Morgan fingerprint density at radius 2 is 2.05 bits per heavy atom. The van der Waals surface area contributed by atoms with Crippen LogP contribution in [0.5, 0.6) is 0 Å². The van der Waals surface area contributed by atoms with Gasteiger partial charge in [0.15, 0.2) is 0 Å². The molecule has 2 saturated heterocycles. The lowest BCUT2D eigenvalue weighted by Crippen LogP contribution is -2.58. The second-order valence-electron chi connectivity index (χ2n) is 7.66. The van der Waals surface area contributed by atoms with Crippen molar-refractivity contribution in [3.8, 4) is 0 Å². The lowest BCUT2D eigenvalue weighted by atomic mass is 9.59. The summed E-state index contributed by atoms with van der Waals surface area (Å²) in [4.78, 5) is 12.8. The van der Waals surface area contributed by atoms with Crippen LogP contribution >= 0.6 is 0 Å². The Hall–Kier alpha value is -0.490. The molecule has 4 aliphatic rings. The van der Waals surface area contributed by atoms with Crippen LogP contribution in [0.1, 0.15) is 33.6 Å². The number of fused-ring (bicyclic) bond motifs is 6. The zero-order chi connectivity index (χ0) is 15.2. The van der Waals surface area contributed by atoms with E-state index in [9.17, 15) is 9.90 Å². The molecule has 5 nitrogen and oxygen atoms in total. The van der Waals surface area contributed by atoms with Crippen LogP contribution in [-0.4, -0.2) is 48.2 Å². The zero-order valence-corrected chi connectivity index (χ0v) is 13.1. The fourth-order valence-corrected chi connectivity index (χ4v) is 5.76. The van der Waals surface area contributed by atoms with E-state index in [-0.39, 0.29) is 48.0 Å². The molecule has 0 radical (unpaired) electrons. The highest BCUT2D eigenvalue weighted by Gasteiger charge is 2.85. The normalized spacial score (nSPS) is 56.2. The van der Waals surface area contributed by atoms with Crippen LogP contribution in [0.3, 0.4) is 0 Å². The van der Waals surface area contributed by atoms with Gasteiger partial charge in [0.1, 0.15) is 12.6 Å². The summed E-state index contributed by atoms with van der Waals surface area (Å²) in [6.45, 7) is 6.01. The Kier molecular flexibility index (Phi) is 2.61. The average molecular weight is 296 g/mol. The second kappa shape index (κ2) is 3.88. The van der Waals surface area contributed by atoms with E-state index in [0.29, 0.717) is 0 Å². The molecule has 2 bridgehead atoms. The number of hydrogen-bond donors (Lipinski definition) is 1. The van der Waals surface area contributed by atoms with E-state index in [4.69, 9.17) is 14.2 Å². The van der Waals surface area contributed by atoms with Crippen LogP contribution in [-0.2, 0) is 19.0 Å². The molecule has 4 fully saturated rings. The van der Waals surface area contributed by atoms with Crippen molar-refractivity contribution in [3.05, 3.63) is 0 Å². The Labute approximate surface area is 124 Å². The Bertz CT molecular complexity index is 497. The lowest BCUT2D eigenvalue weighted by molar-refractivity contribution is -0.137. The topological polar surface area (TPSA) is 65.0 Å². The highest BCUT2D eigenvalue weighted by atomic mass is 16.7. The number of ether oxygens (including phenoxy) is 3. The Morgan fingerprint density at radius 3 is 2.62 bits per heavy atom. The number of Topliss-reactive ketones (excluding diaryl/α,β-unsaturated/α-hetero) is 1. The van der Waals surface area contributed by atoms with E-state index in [1.54, 1.807) is 7.11 Å². The van der Waals surface area contributed by atoms with Gasteiger partial charge in [-0.1, -0.05) is 6.92 Å². The maximum absolute atomic E-state index is 12.8. The van der Waals surface area contributed by atoms with Crippen molar-refractivity contribution in [2.24, 2.45) is 23.2 Å². The zero-order valence-electron chi connectivity index (χ0n) is 13.1. The fraction of sp³-hybridized carbons (Fsp3) is 0.938. The summed E-state index contributed by atoms with van der Waals surface area (Å²) in [6, 6.07) is 0. The van der Waals surface area contributed by atoms with Crippen molar-refractivity contribution in [2.75, 3.05) is 13.9 Å². The predicted molar refractivity (Wildman–Crippen MR) is 73.5 cm³/mol. The molecule has 2 aliphatic heterocycles. The van der Waals surface area contributed by atoms with Crippen molar-refractivity contribution < 1.29 is 24.1 Å². The van der Waals surface area contributed by atoms with Crippen molar-refractivity contribution in [3.63, 3.8) is 0 Å². The molecule has 1 spiro atoms. The second-order valence-corrected chi connectivity index (χ2v) is 7.66. The van der Waals surface area contributed by atoms with E-state index in [0.717, 1.165) is 12.8 Å². The van der Waals surface area contributed by atoms with Crippen LogP contribution < -0.4 is 0 Å². The van der Waals surface area contributed by atoms with Gasteiger partial charge in [-0.15, -0.1) is 0 Å². The van der Waals surface area contributed by atoms with E-state index < -0.39 is 11.2 Å². The van der Waals surface area contributed by atoms with E-state index >= 15 is 0 Å². The van der Waals surface area contributed by atoms with Crippen molar-refractivity contribution in [1.82, 2.24) is 0 Å². The number of methoxy groups -OCH3 is 1. The van der Waals surface area contributed by atoms with Gasteiger partial charge in [-0.2, -0.15) is 0 Å². The maximum Gasteiger partial charge on any atom is 0.146 e. The van der Waals surface area contributed by atoms with Crippen LogP contribution in [0.25, 0.3) is 0 Å². The smallest absolute Gasteiger partial charge is 0.146 e. The minimum Gasteiger partial charge on any atom is -0.387 e. The summed E-state index contributed by atoms with van der Waals surface area (Å²) in [5.74, 6) is -0.144. The molecule has 0 aromatic heterocycles. The molecular formula is C16H24O5. The van der Waals surface area contributed by atoms with Gasteiger partial charge in [-0.3, -0.25) is 4.79 Å². The van der Waals surface area contributed by atoms with Gasteiger partial charge >= 0.3 is 0 Å². The first kappa shape index (κ1) is 14.1. The number of ketones is 1. The maximum atomic E-state index is 12.8. The number of rotatable bonds is 3. The minimum absolute atomic E-state index is 0.0612. The molecule has 1 N–H and O–H groups in total. The standard InChI is InChI=1S/C16H24O5/c1-8-11(17)10-9(12(8)20-7-19-4)13-14(2,18)16(5-6-16)15(10,3)21-13/h8-10,12-13,18H,5-7H2,1-4H3/t8-,9+,10-,12+,13-,14+,15+/m1/s1. The Balaban J connectivity index is 1.75. The van der Waals surface area contributed by atoms with Crippen LogP contribution in [0.15, 0.2) is 0 Å². The highest BCUT2D eigenvalue weighted by Crippen LogP contribution is 2.77. The number of carbonyl (C=O) groups is 1.